The van der Waals surface area contributed by atoms with Crippen LogP contribution in [0.2, 0.25) is 5.02 Å². The van der Waals surface area contributed by atoms with E-state index in [1.54, 1.807) is 17.0 Å². The van der Waals surface area contributed by atoms with Crippen LogP contribution in [0.25, 0.3) is 0 Å². The Labute approximate surface area is 321 Å². The molecule has 2 aliphatic carbocycles. The number of hydrogen-bond acceptors (Lipinski definition) is 9. The third-order valence-electron chi connectivity index (χ3n) is 12.2. The molecule has 4 fully saturated rings. The van der Waals surface area contributed by atoms with Gasteiger partial charge in [0.15, 0.2) is 17.3 Å². The highest BCUT2D eigenvalue weighted by Crippen LogP contribution is 2.37. The number of pyridine rings is 1. The van der Waals surface area contributed by atoms with E-state index in [-0.39, 0.29) is 79.4 Å². The Morgan fingerprint density at radius 3 is 2.28 bits per heavy atom. The first-order valence-electron chi connectivity index (χ1n) is 20.4. The lowest BCUT2D eigenvalue weighted by Gasteiger charge is -2.39. The number of ketones is 4. The van der Waals surface area contributed by atoms with Crippen LogP contribution in [0, 0.1) is 29.1 Å². The van der Waals surface area contributed by atoms with Crippen LogP contribution in [0.3, 0.4) is 0 Å². The van der Waals surface area contributed by atoms with Gasteiger partial charge < -0.3 is 19.9 Å². The topological polar surface area (TPSA) is 126 Å². The zero-order valence-electron chi connectivity index (χ0n) is 32.7. The Bertz CT molecular complexity index is 1430. The molecule has 2 saturated heterocycles. The quantitative estimate of drug-likeness (QED) is 0.164. The Kier molecular flexibility index (Phi) is 14.7. The molecule has 0 radical (unpaired) electrons. The summed E-state index contributed by atoms with van der Waals surface area (Å²) in [4.78, 5) is 78.1. The number of hydrogen-bond donors (Lipinski definition) is 1. The van der Waals surface area contributed by atoms with E-state index >= 15 is 0 Å². The first-order chi connectivity index (χ1) is 25.2. The van der Waals surface area contributed by atoms with Gasteiger partial charge in [0.1, 0.15) is 6.10 Å². The number of ether oxygens (including phenoxy) is 1. The van der Waals surface area contributed by atoms with Crippen LogP contribution in [0.5, 0.6) is 5.88 Å². The predicted molar refractivity (Wildman–Crippen MR) is 206 cm³/mol. The van der Waals surface area contributed by atoms with E-state index < -0.39 is 35.2 Å². The molecule has 0 bridgehead atoms. The van der Waals surface area contributed by atoms with Gasteiger partial charge in [0.2, 0.25) is 17.6 Å². The number of carbonyl (C=O) groups excluding carboxylic acids is 5. The van der Waals surface area contributed by atoms with Gasteiger partial charge in [0, 0.05) is 55.8 Å². The second-order valence-electron chi connectivity index (χ2n) is 17.6. The van der Waals surface area contributed by atoms with Crippen molar-refractivity contribution in [2.45, 2.75) is 148 Å². The summed E-state index contributed by atoms with van der Waals surface area (Å²) in [5.74, 6) is -1.80. The smallest absolute Gasteiger partial charge is 0.227 e. The molecule has 5 atom stereocenters. The van der Waals surface area contributed by atoms with Crippen molar-refractivity contribution in [2.75, 3.05) is 26.7 Å². The molecule has 3 heterocycles. The summed E-state index contributed by atoms with van der Waals surface area (Å²) >= 11 is 6.06. The van der Waals surface area contributed by atoms with Crippen LogP contribution in [0.15, 0.2) is 18.3 Å². The lowest BCUT2D eigenvalue weighted by atomic mass is 9.73. The molecule has 294 valence electrons. The minimum absolute atomic E-state index is 0.0760. The summed E-state index contributed by atoms with van der Waals surface area (Å²) in [7, 11) is 2.13. The maximum atomic E-state index is 14.9. The van der Waals surface area contributed by atoms with Crippen LogP contribution in [0.1, 0.15) is 124 Å². The van der Waals surface area contributed by atoms with E-state index in [0.717, 1.165) is 64.5 Å². The Morgan fingerprint density at radius 2 is 1.68 bits per heavy atom. The molecule has 11 heteroatoms. The van der Waals surface area contributed by atoms with Gasteiger partial charge >= 0.3 is 0 Å². The molecular formula is C42H63ClN4O6. The van der Waals surface area contributed by atoms with Gasteiger partial charge in [0.25, 0.3) is 0 Å². The van der Waals surface area contributed by atoms with E-state index in [1.165, 1.54) is 12.6 Å². The molecule has 1 amide bonds. The number of piperidine rings is 1. The van der Waals surface area contributed by atoms with Crippen LogP contribution >= 0.6 is 11.6 Å². The zero-order valence-corrected chi connectivity index (χ0v) is 33.5. The first kappa shape index (κ1) is 41.5. The van der Waals surface area contributed by atoms with Crippen molar-refractivity contribution in [2.24, 2.45) is 29.1 Å². The van der Waals surface area contributed by atoms with Crippen molar-refractivity contribution in [1.29, 1.82) is 0 Å². The number of aromatic nitrogens is 1. The highest BCUT2D eigenvalue weighted by molar-refractivity contribution is 6.38. The molecule has 2 aliphatic heterocycles. The van der Waals surface area contributed by atoms with Gasteiger partial charge in [-0.15, -0.1) is 0 Å². The number of halogens is 1. The minimum Gasteiger partial charge on any atom is -0.472 e. The molecule has 1 N–H and O–H groups in total. The zero-order chi connectivity index (χ0) is 38.3. The van der Waals surface area contributed by atoms with Gasteiger partial charge in [-0.3, -0.25) is 24.0 Å². The molecule has 4 aliphatic rings. The molecule has 1 aromatic rings. The SMILES string of the molecule is CCC[C@H](CC(=O)[C@@H]1C[C@@H](Oc2ccc(Cl)cn2)CN1C(=O)[C@@H](CC(=O)[C@@H](NC1CCN(C)CC1)C1CCCCC1)C(C)(C)C)C(=O)C(=O)CC1CC1. The van der Waals surface area contributed by atoms with Crippen molar-refractivity contribution >= 4 is 40.6 Å². The third kappa shape index (κ3) is 11.7. The van der Waals surface area contributed by atoms with Gasteiger partial charge in [-0.05, 0) is 88.4 Å². The second kappa shape index (κ2) is 18.8. The fourth-order valence-corrected chi connectivity index (χ4v) is 8.79. The summed E-state index contributed by atoms with van der Waals surface area (Å²) in [6.07, 6.45) is 11.8. The molecular weight excluding hydrogens is 692 g/mol. The largest absolute Gasteiger partial charge is 0.472 e. The Morgan fingerprint density at radius 1 is 0.981 bits per heavy atom. The number of carbonyl (C=O) groups is 5. The third-order valence-corrected chi connectivity index (χ3v) is 12.4. The lowest BCUT2D eigenvalue weighted by molar-refractivity contribution is -0.147. The van der Waals surface area contributed by atoms with Crippen LogP contribution in [-0.2, 0) is 24.0 Å². The van der Waals surface area contributed by atoms with E-state index in [1.807, 2.05) is 27.7 Å². The second-order valence-corrected chi connectivity index (χ2v) is 18.0. The minimum atomic E-state index is -0.850. The molecule has 2 saturated carbocycles. The van der Waals surface area contributed by atoms with Gasteiger partial charge in [-0.25, -0.2) is 4.98 Å². The summed E-state index contributed by atoms with van der Waals surface area (Å²) in [6.45, 7) is 10.0. The molecule has 0 spiro atoms. The highest BCUT2D eigenvalue weighted by Gasteiger charge is 2.47. The molecule has 1 aromatic heterocycles. The van der Waals surface area contributed by atoms with Crippen molar-refractivity contribution in [3.63, 3.8) is 0 Å². The van der Waals surface area contributed by atoms with Gasteiger partial charge in [-0.1, -0.05) is 65.0 Å². The van der Waals surface area contributed by atoms with Crippen LogP contribution in [0.4, 0.5) is 0 Å². The molecule has 0 aromatic carbocycles. The molecule has 53 heavy (non-hydrogen) atoms. The van der Waals surface area contributed by atoms with Gasteiger partial charge in [-0.2, -0.15) is 0 Å². The first-order valence-corrected chi connectivity index (χ1v) is 20.8. The monoisotopic (exact) mass is 754 g/mol. The number of nitrogens with zero attached hydrogens (tertiary/aromatic N) is 3. The van der Waals surface area contributed by atoms with E-state index in [4.69, 9.17) is 16.3 Å². The van der Waals surface area contributed by atoms with Crippen molar-refractivity contribution in [3.8, 4) is 5.88 Å². The van der Waals surface area contributed by atoms with E-state index in [9.17, 15) is 24.0 Å². The number of likely N-dealkylation sites (tertiary alicyclic amines) is 2. The molecule has 10 nitrogen and oxygen atoms in total. The average Bonchev–Trinajstić information content (AvgIpc) is 3.85. The normalized spacial score (nSPS) is 23.7. The fourth-order valence-electron chi connectivity index (χ4n) is 8.68. The van der Waals surface area contributed by atoms with Crippen LogP contribution in [-0.4, -0.2) is 94.7 Å². The lowest BCUT2D eigenvalue weighted by Crippen LogP contribution is -2.53. The summed E-state index contributed by atoms with van der Waals surface area (Å²) in [6, 6.07) is 2.44. The summed E-state index contributed by atoms with van der Waals surface area (Å²) in [5, 5.41) is 4.26. The summed E-state index contributed by atoms with van der Waals surface area (Å²) in [5.41, 5.74) is -0.572. The van der Waals surface area contributed by atoms with Crippen LogP contribution < -0.4 is 10.1 Å². The van der Waals surface area contributed by atoms with E-state index in [2.05, 4.69) is 22.2 Å². The van der Waals surface area contributed by atoms with Crippen molar-refractivity contribution in [1.82, 2.24) is 20.1 Å². The van der Waals surface area contributed by atoms with Crippen molar-refractivity contribution < 1.29 is 28.7 Å². The van der Waals surface area contributed by atoms with Gasteiger partial charge in [0.05, 0.1) is 23.7 Å². The number of Topliss-reactive ketones (excluding diaryl/α,β-unsaturated/α-hetero) is 4. The fraction of sp³-hybridized carbons (Fsp3) is 0.762. The average molecular weight is 755 g/mol. The number of nitrogens with one attached hydrogen (secondary N) is 1. The van der Waals surface area contributed by atoms with E-state index in [0.29, 0.717) is 23.7 Å². The standard InChI is InChI=1S/C42H63ClN4O6/c1-6-10-29(40(51)37(50)21-27-13-14-27)22-35(48)34-23-32(53-38-16-15-30(43)25-44-38)26-47(34)41(52)33(42(2,3)4)24-36(49)39(28-11-8-7-9-12-28)45-31-17-19-46(5)20-18-31/h15-16,25,27-29,31-34,39,45H,6-14,17-24,26H2,1-5H3/t29-,32-,33-,34+,39+/m1/s1. The summed E-state index contributed by atoms with van der Waals surface area (Å²) < 4.78 is 6.22. The van der Waals surface area contributed by atoms with Crippen molar-refractivity contribution in [3.05, 3.63) is 23.4 Å². The number of rotatable bonds is 18. The Hall–Kier alpha value is -2.69. The maximum Gasteiger partial charge on any atom is 0.227 e. The maximum absolute atomic E-state index is 14.9. The molecule has 5 rings (SSSR count). The highest BCUT2D eigenvalue weighted by atomic mass is 35.5. The predicted octanol–water partition coefficient (Wildman–Crippen LogP) is 6.65. The molecule has 0 unspecified atom stereocenters. The number of amides is 1. The Balaban J connectivity index is 1.37.